The summed E-state index contributed by atoms with van der Waals surface area (Å²) >= 11 is 0. The highest BCUT2D eigenvalue weighted by Crippen LogP contribution is 2.38. The van der Waals surface area contributed by atoms with Crippen LogP contribution in [0.1, 0.15) is 44.7 Å². The summed E-state index contributed by atoms with van der Waals surface area (Å²) in [6, 6.07) is 0. The molecule has 1 aliphatic heterocycles. The minimum atomic E-state index is -4.63. The van der Waals surface area contributed by atoms with Crippen LogP contribution in [0.3, 0.4) is 0 Å². The van der Waals surface area contributed by atoms with Crippen LogP contribution in [-0.4, -0.2) is 45.2 Å². The zero-order valence-corrected chi connectivity index (χ0v) is 12.6. The first-order valence-corrected chi connectivity index (χ1v) is 7.22. The third kappa shape index (κ3) is 3.08. The first-order valence-electron chi connectivity index (χ1n) is 7.22. The van der Waals surface area contributed by atoms with Gasteiger partial charge in [0.05, 0.1) is 0 Å². The number of hydrogen-bond donors (Lipinski definition) is 2. The molecule has 22 heavy (non-hydrogen) atoms. The molecule has 1 unspecified atom stereocenters. The molecule has 0 aliphatic carbocycles. The molecule has 1 aromatic rings. The van der Waals surface area contributed by atoms with Gasteiger partial charge in [-0.3, -0.25) is 0 Å². The number of alkyl halides is 3. The van der Waals surface area contributed by atoms with Crippen LogP contribution in [0.5, 0.6) is 0 Å². The summed E-state index contributed by atoms with van der Waals surface area (Å²) in [6.45, 7) is 3.94. The van der Waals surface area contributed by atoms with Crippen molar-refractivity contribution < 1.29 is 18.3 Å². The standard InChI is InChI=1S/C13H20F3N5O/c1-3-8(2)9-10(17)18-11(20-19-9)21-6-4-12(22,5-7-21)13(14,15)16/h8,22H,3-7H2,1-2H3,(H2,17,18,20). The maximum Gasteiger partial charge on any atom is 0.417 e. The summed E-state index contributed by atoms with van der Waals surface area (Å²) < 4.78 is 38.3. The van der Waals surface area contributed by atoms with Crippen LogP contribution in [0, 0.1) is 0 Å². The molecule has 0 amide bonds. The molecule has 1 atom stereocenters. The fourth-order valence-corrected chi connectivity index (χ4v) is 2.38. The number of anilines is 2. The molecule has 0 spiro atoms. The van der Waals surface area contributed by atoms with E-state index in [-0.39, 0.29) is 30.8 Å². The normalized spacial score (nSPS) is 20.0. The summed E-state index contributed by atoms with van der Waals surface area (Å²) in [4.78, 5) is 5.70. The van der Waals surface area contributed by atoms with Crippen molar-refractivity contribution in [3.63, 3.8) is 0 Å². The molecule has 1 fully saturated rings. The summed E-state index contributed by atoms with van der Waals surface area (Å²) in [7, 11) is 0. The van der Waals surface area contributed by atoms with E-state index in [2.05, 4.69) is 15.2 Å². The Morgan fingerprint density at radius 1 is 1.32 bits per heavy atom. The summed E-state index contributed by atoms with van der Waals surface area (Å²) in [6.07, 6.45) is -4.64. The van der Waals surface area contributed by atoms with Crippen LogP contribution in [0.4, 0.5) is 24.9 Å². The molecular formula is C13H20F3N5O. The Morgan fingerprint density at radius 3 is 2.36 bits per heavy atom. The van der Waals surface area contributed by atoms with Gasteiger partial charge in [0.25, 0.3) is 0 Å². The molecule has 1 aliphatic rings. The van der Waals surface area contributed by atoms with Crippen molar-refractivity contribution in [3.05, 3.63) is 5.69 Å². The number of nitrogens with zero attached hydrogens (tertiary/aromatic N) is 4. The Morgan fingerprint density at radius 2 is 1.91 bits per heavy atom. The van der Waals surface area contributed by atoms with E-state index >= 15 is 0 Å². The maximum absolute atomic E-state index is 12.8. The average molecular weight is 319 g/mol. The number of hydrogen-bond acceptors (Lipinski definition) is 6. The lowest BCUT2D eigenvalue weighted by molar-refractivity contribution is -0.266. The van der Waals surface area contributed by atoms with Crippen molar-refractivity contribution in [2.75, 3.05) is 23.7 Å². The van der Waals surface area contributed by atoms with Gasteiger partial charge in [0.15, 0.2) is 11.4 Å². The van der Waals surface area contributed by atoms with E-state index in [0.717, 1.165) is 6.42 Å². The van der Waals surface area contributed by atoms with Crippen LogP contribution < -0.4 is 10.6 Å². The molecule has 6 nitrogen and oxygen atoms in total. The average Bonchev–Trinajstić information content (AvgIpc) is 2.46. The number of aliphatic hydroxyl groups is 1. The molecule has 3 N–H and O–H groups in total. The molecule has 9 heteroatoms. The Hall–Kier alpha value is -1.64. The zero-order valence-electron chi connectivity index (χ0n) is 12.6. The Kier molecular flexibility index (Phi) is 4.46. The molecule has 2 heterocycles. The van der Waals surface area contributed by atoms with Gasteiger partial charge in [-0.15, -0.1) is 10.2 Å². The highest BCUT2D eigenvalue weighted by atomic mass is 19.4. The second-order valence-corrected chi connectivity index (χ2v) is 5.71. The van der Waals surface area contributed by atoms with E-state index in [1.165, 1.54) is 0 Å². The van der Waals surface area contributed by atoms with E-state index in [1.807, 2.05) is 13.8 Å². The second-order valence-electron chi connectivity index (χ2n) is 5.71. The van der Waals surface area contributed by atoms with Crippen LogP contribution in [0.2, 0.25) is 0 Å². The van der Waals surface area contributed by atoms with E-state index in [0.29, 0.717) is 5.69 Å². The van der Waals surface area contributed by atoms with Crippen LogP contribution in [0.25, 0.3) is 0 Å². The predicted molar refractivity (Wildman–Crippen MR) is 75.4 cm³/mol. The topological polar surface area (TPSA) is 88.2 Å². The molecule has 2 rings (SSSR count). The van der Waals surface area contributed by atoms with Crippen molar-refractivity contribution in [2.24, 2.45) is 0 Å². The van der Waals surface area contributed by atoms with Crippen molar-refractivity contribution in [2.45, 2.75) is 50.8 Å². The number of nitrogens with two attached hydrogens (primary N) is 1. The van der Waals surface area contributed by atoms with E-state index in [9.17, 15) is 18.3 Å². The van der Waals surface area contributed by atoms with Crippen molar-refractivity contribution in [3.8, 4) is 0 Å². The van der Waals surface area contributed by atoms with Gasteiger partial charge < -0.3 is 15.7 Å². The molecule has 1 saturated heterocycles. The van der Waals surface area contributed by atoms with Crippen LogP contribution >= 0.6 is 0 Å². The number of piperidine rings is 1. The third-order valence-corrected chi connectivity index (χ3v) is 4.21. The van der Waals surface area contributed by atoms with Gasteiger partial charge in [-0.2, -0.15) is 18.2 Å². The van der Waals surface area contributed by atoms with Gasteiger partial charge in [0.2, 0.25) is 5.95 Å². The minimum absolute atomic E-state index is 0.000190. The SMILES string of the molecule is CCC(C)c1nnc(N2CCC(O)(C(F)(F)F)CC2)nc1N. The quantitative estimate of drug-likeness (QED) is 0.884. The first-order chi connectivity index (χ1) is 10.2. The number of rotatable bonds is 3. The fraction of sp³-hybridized carbons (Fsp3) is 0.769. The van der Waals surface area contributed by atoms with Crippen molar-refractivity contribution >= 4 is 11.8 Å². The van der Waals surface area contributed by atoms with Gasteiger partial charge >= 0.3 is 6.18 Å². The Balaban J connectivity index is 2.11. The van der Waals surface area contributed by atoms with Gasteiger partial charge in [-0.25, -0.2) is 0 Å². The highest BCUT2D eigenvalue weighted by molar-refractivity contribution is 5.42. The highest BCUT2D eigenvalue weighted by Gasteiger charge is 2.54. The largest absolute Gasteiger partial charge is 0.417 e. The van der Waals surface area contributed by atoms with Crippen molar-refractivity contribution in [1.29, 1.82) is 0 Å². The number of halogens is 3. The van der Waals surface area contributed by atoms with Gasteiger partial charge in [0.1, 0.15) is 5.69 Å². The van der Waals surface area contributed by atoms with Crippen molar-refractivity contribution in [1.82, 2.24) is 15.2 Å². The minimum Gasteiger partial charge on any atom is -0.382 e. The molecule has 0 saturated carbocycles. The first kappa shape index (κ1) is 16.7. The monoisotopic (exact) mass is 319 g/mol. The van der Waals surface area contributed by atoms with E-state index in [1.54, 1.807) is 4.90 Å². The molecule has 0 aromatic carbocycles. The van der Waals surface area contributed by atoms with Gasteiger partial charge in [-0.1, -0.05) is 13.8 Å². The maximum atomic E-state index is 12.8. The van der Waals surface area contributed by atoms with Gasteiger partial charge in [-0.05, 0) is 6.42 Å². The third-order valence-electron chi connectivity index (χ3n) is 4.21. The van der Waals surface area contributed by atoms with Gasteiger partial charge in [0, 0.05) is 31.8 Å². The lowest BCUT2D eigenvalue weighted by Gasteiger charge is -2.38. The van der Waals surface area contributed by atoms with E-state index in [4.69, 9.17) is 5.73 Å². The number of nitrogen functional groups attached to an aromatic ring is 1. The number of aromatic nitrogens is 3. The molecular weight excluding hydrogens is 299 g/mol. The Labute approximate surface area is 126 Å². The van der Waals surface area contributed by atoms with Crippen LogP contribution in [0.15, 0.2) is 0 Å². The molecule has 0 radical (unpaired) electrons. The second kappa shape index (κ2) is 5.86. The fourth-order valence-electron chi connectivity index (χ4n) is 2.38. The molecule has 1 aromatic heterocycles. The summed E-state index contributed by atoms with van der Waals surface area (Å²) in [5.41, 5.74) is 3.81. The molecule has 124 valence electrons. The predicted octanol–water partition coefficient (Wildman–Crippen LogP) is 1.86. The summed E-state index contributed by atoms with van der Waals surface area (Å²) in [5, 5.41) is 17.7. The van der Waals surface area contributed by atoms with E-state index < -0.39 is 24.6 Å². The smallest absolute Gasteiger partial charge is 0.382 e. The lowest BCUT2D eigenvalue weighted by atomic mass is 9.91. The summed E-state index contributed by atoms with van der Waals surface area (Å²) in [5.74, 6) is 0.565. The van der Waals surface area contributed by atoms with Crippen LogP contribution in [-0.2, 0) is 0 Å². The Bertz CT molecular complexity index is 529. The lowest BCUT2D eigenvalue weighted by Crippen LogP contribution is -2.53. The molecule has 0 bridgehead atoms. The zero-order chi connectivity index (χ0) is 16.5.